The molecule has 1 N–H and O–H groups in total. The Labute approximate surface area is 181 Å². The molecule has 1 aromatic carbocycles. The van der Waals surface area contributed by atoms with E-state index in [9.17, 15) is 4.79 Å². The van der Waals surface area contributed by atoms with Crippen LogP contribution in [0.4, 0.5) is 0 Å². The molecule has 0 aliphatic carbocycles. The second-order valence-electron chi connectivity index (χ2n) is 7.01. The Morgan fingerprint density at radius 3 is 2.54 bits per heavy atom. The summed E-state index contributed by atoms with van der Waals surface area (Å²) in [4.78, 5) is 18.2. The second-order valence-corrected chi connectivity index (χ2v) is 9.79. The molecule has 0 atom stereocenters. The van der Waals surface area contributed by atoms with Gasteiger partial charge in [0.25, 0.3) is 0 Å². The first-order valence-corrected chi connectivity index (χ1v) is 12.1. The van der Waals surface area contributed by atoms with Crippen LogP contribution in [0.2, 0.25) is 4.34 Å². The number of nitrogens with zero attached hydrogens (tertiary/aromatic N) is 2. The van der Waals surface area contributed by atoms with E-state index in [2.05, 4.69) is 45.4 Å². The van der Waals surface area contributed by atoms with Gasteiger partial charge in [-0.05, 0) is 30.7 Å². The Hall–Kier alpha value is -1.05. The van der Waals surface area contributed by atoms with Gasteiger partial charge in [0.2, 0.25) is 5.91 Å². The van der Waals surface area contributed by atoms with Crippen LogP contribution in [0.15, 0.2) is 42.5 Å². The lowest BCUT2D eigenvalue weighted by atomic mass is 10.2. The molecule has 1 aliphatic rings. The van der Waals surface area contributed by atoms with E-state index in [-0.39, 0.29) is 5.91 Å². The molecular formula is C21H28ClN3OS2. The van der Waals surface area contributed by atoms with E-state index in [0.29, 0.717) is 5.75 Å². The van der Waals surface area contributed by atoms with Crippen molar-refractivity contribution in [3.8, 4) is 0 Å². The molecule has 3 rings (SSSR count). The molecule has 4 nitrogen and oxygen atoms in total. The van der Waals surface area contributed by atoms with Crippen molar-refractivity contribution in [3.05, 3.63) is 57.2 Å². The predicted octanol–water partition coefficient (Wildman–Crippen LogP) is 3.96. The molecule has 2 heterocycles. The molecule has 1 fully saturated rings. The monoisotopic (exact) mass is 437 g/mol. The van der Waals surface area contributed by atoms with Crippen molar-refractivity contribution in [1.29, 1.82) is 0 Å². The van der Waals surface area contributed by atoms with Crippen LogP contribution in [-0.4, -0.2) is 60.7 Å². The van der Waals surface area contributed by atoms with E-state index in [1.54, 1.807) is 23.1 Å². The van der Waals surface area contributed by atoms with Crippen LogP contribution in [0.1, 0.15) is 16.9 Å². The molecule has 2 aromatic rings. The Balaban J connectivity index is 1.20. The number of thioether (sulfide) groups is 1. The van der Waals surface area contributed by atoms with Crippen molar-refractivity contribution in [1.82, 2.24) is 15.1 Å². The van der Waals surface area contributed by atoms with E-state index in [0.717, 1.165) is 62.3 Å². The van der Waals surface area contributed by atoms with Crippen molar-refractivity contribution in [3.63, 3.8) is 0 Å². The van der Waals surface area contributed by atoms with Gasteiger partial charge in [-0.15, -0.1) is 23.1 Å². The third-order valence-corrected chi connectivity index (χ3v) is 7.19. The fourth-order valence-electron chi connectivity index (χ4n) is 3.27. The van der Waals surface area contributed by atoms with E-state index < -0.39 is 0 Å². The molecule has 1 amide bonds. The standard InChI is InChI=1S/C21H28ClN3OS2/c22-20-8-7-19(28-20)16-27-17-21(26)23-9-4-10-24-11-13-25(14-12-24)15-18-5-2-1-3-6-18/h1-3,5-8H,4,9-17H2,(H,23,26). The molecule has 1 aliphatic heterocycles. The van der Waals surface area contributed by atoms with Crippen molar-refractivity contribution in [2.24, 2.45) is 0 Å². The Kier molecular flexibility index (Phi) is 9.15. The highest BCUT2D eigenvalue weighted by molar-refractivity contribution is 7.99. The summed E-state index contributed by atoms with van der Waals surface area (Å²) in [6.45, 7) is 7.31. The topological polar surface area (TPSA) is 35.6 Å². The number of rotatable bonds is 10. The van der Waals surface area contributed by atoms with Gasteiger partial charge in [0, 0.05) is 49.9 Å². The van der Waals surface area contributed by atoms with Crippen molar-refractivity contribution in [2.45, 2.75) is 18.7 Å². The number of hydrogen-bond acceptors (Lipinski definition) is 5. The minimum Gasteiger partial charge on any atom is -0.355 e. The molecule has 1 saturated heterocycles. The maximum absolute atomic E-state index is 11.9. The summed E-state index contributed by atoms with van der Waals surface area (Å²) in [5.74, 6) is 1.48. The quantitative estimate of drug-likeness (QED) is 0.570. The van der Waals surface area contributed by atoms with Crippen LogP contribution >= 0.6 is 34.7 Å². The number of halogens is 1. The fourth-order valence-corrected chi connectivity index (χ4v) is 5.32. The minimum absolute atomic E-state index is 0.125. The third kappa shape index (κ3) is 7.76. The van der Waals surface area contributed by atoms with Crippen molar-refractivity contribution >= 4 is 40.6 Å². The van der Waals surface area contributed by atoms with Gasteiger partial charge in [-0.3, -0.25) is 9.69 Å². The summed E-state index contributed by atoms with van der Waals surface area (Å²) in [7, 11) is 0. The first-order valence-electron chi connectivity index (χ1n) is 9.76. The molecule has 28 heavy (non-hydrogen) atoms. The number of nitrogens with one attached hydrogen (secondary N) is 1. The first-order chi connectivity index (χ1) is 13.7. The minimum atomic E-state index is 0.125. The molecule has 0 spiro atoms. The average molecular weight is 438 g/mol. The maximum atomic E-state index is 11.9. The summed E-state index contributed by atoms with van der Waals surface area (Å²) in [5, 5.41) is 3.04. The molecule has 0 saturated carbocycles. The SMILES string of the molecule is O=C(CSCc1ccc(Cl)s1)NCCCN1CCN(Cc2ccccc2)CC1. The van der Waals surface area contributed by atoms with E-state index >= 15 is 0 Å². The Bertz CT molecular complexity index is 717. The zero-order valence-electron chi connectivity index (χ0n) is 16.1. The number of piperazine rings is 1. The van der Waals surface area contributed by atoms with E-state index in [1.807, 2.05) is 12.1 Å². The molecule has 152 valence electrons. The largest absolute Gasteiger partial charge is 0.355 e. The van der Waals surface area contributed by atoms with Crippen LogP contribution in [-0.2, 0) is 17.1 Å². The van der Waals surface area contributed by atoms with Gasteiger partial charge in [0.15, 0.2) is 0 Å². The number of benzene rings is 1. The summed E-state index contributed by atoms with van der Waals surface area (Å²) >= 11 is 9.14. The summed E-state index contributed by atoms with van der Waals surface area (Å²) in [6, 6.07) is 14.6. The highest BCUT2D eigenvalue weighted by atomic mass is 35.5. The lowest BCUT2D eigenvalue weighted by Crippen LogP contribution is -2.46. The Morgan fingerprint density at radius 1 is 1.07 bits per heavy atom. The molecule has 0 unspecified atom stereocenters. The van der Waals surface area contributed by atoms with Gasteiger partial charge < -0.3 is 10.2 Å². The number of hydrogen-bond donors (Lipinski definition) is 1. The van der Waals surface area contributed by atoms with Crippen LogP contribution in [0.3, 0.4) is 0 Å². The maximum Gasteiger partial charge on any atom is 0.230 e. The van der Waals surface area contributed by atoms with Crippen LogP contribution in [0.5, 0.6) is 0 Å². The number of thiophene rings is 1. The molecule has 1 aromatic heterocycles. The predicted molar refractivity (Wildman–Crippen MR) is 121 cm³/mol. The van der Waals surface area contributed by atoms with Gasteiger partial charge in [0.05, 0.1) is 10.1 Å². The Morgan fingerprint density at radius 2 is 1.82 bits per heavy atom. The van der Waals surface area contributed by atoms with Gasteiger partial charge >= 0.3 is 0 Å². The average Bonchev–Trinajstić information content (AvgIpc) is 3.12. The van der Waals surface area contributed by atoms with Crippen molar-refractivity contribution < 1.29 is 4.79 Å². The number of carbonyl (C=O) groups excluding carboxylic acids is 1. The zero-order valence-corrected chi connectivity index (χ0v) is 18.5. The summed E-state index contributed by atoms with van der Waals surface area (Å²) in [6.07, 6.45) is 1.01. The lowest BCUT2D eigenvalue weighted by Gasteiger charge is -2.34. The highest BCUT2D eigenvalue weighted by Crippen LogP contribution is 2.24. The highest BCUT2D eigenvalue weighted by Gasteiger charge is 2.16. The summed E-state index contributed by atoms with van der Waals surface area (Å²) in [5.41, 5.74) is 1.39. The summed E-state index contributed by atoms with van der Waals surface area (Å²) < 4.78 is 0.806. The smallest absolute Gasteiger partial charge is 0.230 e. The first kappa shape index (κ1) is 21.7. The second kappa shape index (κ2) is 11.8. The molecule has 7 heteroatoms. The fraction of sp³-hybridized carbons (Fsp3) is 0.476. The zero-order chi connectivity index (χ0) is 19.6. The molecular weight excluding hydrogens is 410 g/mol. The van der Waals surface area contributed by atoms with Gasteiger partial charge in [-0.2, -0.15) is 0 Å². The van der Waals surface area contributed by atoms with Gasteiger partial charge in [-0.1, -0.05) is 41.9 Å². The van der Waals surface area contributed by atoms with E-state index in [4.69, 9.17) is 11.6 Å². The van der Waals surface area contributed by atoms with Gasteiger partial charge in [-0.25, -0.2) is 0 Å². The number of carbonyl (C=O) groups is 1. The van der Waals surface area contributed by atoms with Crippen molar-refractivity contribution in [2.75, 3.05) is 45.0 Å². The molecule has 0 radical (unpaired) electrons. The van der Waals surface area contributed by atoms with Gasteiger partial charge in [0.1, 0.15) is 0 Å². The van der Waals surface area contributed by atoms with E-state index in [1.165, 1.54) is 10.4 Å². The number of amides is 1. The van der Waals surface area contributed by atoms with Crippen LogP contribution in [0.25, 0.3) is 0 Å². The van der Waals surface area contributed by atoms with Crippen LogP contribution in [0, 0.1) is 0 Å². The third-order valence-electron chi connectivity index (χ3n) is 4.79. The normalized spacial score (nSPS) is 15.6. The lowest BCUT2D eigenvalue weighted by molar-refractivity contribution is -0.118. The van der Waals surface area contributed by atoms with Crippen LogP contribution < -0.4 is 5.32 Å². The molecule has 0 bridgehead atoms.